The van der Waals surface area contributed by atoms with Gasteiger partial charge in [0.05, 0.1) is 19.3 Å². The average Bonchev–Trinajstić information content (AvgIpc) is 3.67. The van der Waals surface area contributed by atoms with Gasteiger partial charge in [0.2, 0.25) is 11.8 Å². The first-order chi connectivity index (χ1) is 17.8. The van der Waals surface area contributed by atoms with Gasteiger partial charge in [-0.25, -0.2) is 0 Å². The minimum absolute atomic E-state index is 0.0172. The van der Waals surface area contributed by atoms with Crippen LogP contribution in [-0.4, -0.2) is 60.6 Å². The van der Waals surface area contributed by atoms with Crippen LogP contribution >= 0.6 is 0 Å². The van der Waals surface area contributed by atoms with Gasteiger partial charge in [-0.2, -0.15) is 0 Å². The number of piperidine rings is 1. The molecule has 2 aliphatic rings. The van der Waals surface area contributed by atoms with E-state index in [4.69, 9.17) is 4.74 Å². The zero-order chi connectivity index (χ0) is 26.4. The summed E-state index contributed by atoms with van der Waals surface area (Å²) >= 11 is 0. The van der Waals surface area contributed by atoms with Crippen molar-refractivity contribution < 1.29 is 24.2 Å². The number of Topliss-reactive ketones (excluding diaryl/α,β-unsaturated/α-hetero) is 1. The predicted molar refractivity (Wildman–Crippen MR) is 140 cm³/mol. The highest BCUT2D eigenvalue weighted by Crippen LogP contribution is 2.46. The highest BCUT2D eigenvalue weighted by molar-refractivity contribution is 5.97. The van der Waals surface area contributed by atoms with Crippen molar-refractivity contribution in [3.63, 3.8) is 0 Å². The predicted octanol–water partition coefficient (Wildman–Crippen LogP) is 1.93. The molecule has 4 N–H and O–H groups in total. The second-order valence-corrected chi connectivity index (χ2v) is 10.4. The van der Waals surface area contributed by atoms with Crippen molar-refractivity contribution in [3.05, 3.63) is 65.7 Å². The topological polar surface area (TPSA) is 117 Å². The normalized spacial score (nSPS) is 21.8. The van der Waals surface area contributed by atoms with Crippen LogP contribution in [0.4, 0.5) is 0 Å². The maximum atomic E-state index is 13.6. The van der Waals surface area contributed by atoms with Crippen LogP contribution in [0.15, 0.2) is 54.6 Å². The molecule has 0 radical (unpaired) electrons. The Morgan fingerprint density at radius 1 is 1.00 bits per heavy atom. The summed E-state index contributed by atoms with van der Waals surface area (Å²) in [6, 6.07) is 14.5. The number of methoxy groups -OCH3 is 1. The Kier molecular flexibility index (Phi) is 8.61. The molecule has 1 saturated heterocycles. The molecule has 1 saturated carbocycles. The van der Waals surface area contributed by atoms with Crippen molar-refractivity contribution in [2.45, 2.75) is 69.7 Å². The summed E-state index contributed by atoms with van der Waals surface area (Å²) in [5, 5.41) is 19.2. The molecule has 0 aromatic heterocycles. The number of benzene rings is 2. The van der Waals surface area contributed by atoms with Crippen LogP contribution in [0, 0.1) is 5.41 Å². The molecule has 1 aliphatic carbocycles. The molecule has 2 aromatic rings. The van der Waals surface area contributed by atoms with Gasteiger partial charge in [0.25, 0.3) is 0 Å². The van der Waals surface area contributed by atoms with E-state index in [-0.39, 0.29) is 12.2 Å². The number of carbonyl (C=O) groups excluding carboxylic acids is 3. The molecule has 3 unspecified atom stereocenters. The summed E-state index contributed by atoms with van der Waals surface area (Å²) in [6.07, 6.45) is 2.71. The van der Waals surface area contributed by atoms with Gasteiger partial charge in [-0.3, -0.25) is 14.4 Å². The lowest BCUT2D eigenvalue weighted by Gasteiger charge is -2.30. The molecule has 37 heavy (non-hydrogen) atoms. The smallest absolute Gasteiger partial charge is 0.243 e. The fourth-order valence-corrected chi connectivity index (χ4v) is 4.79. The van der Waals surface area contributed by atoms with E-state index >= 15 is 0 Å². The standard InChI is InChI=1S/C29H37N3O5/c1-29(14-15-29)26(34)22(17-19-7-4-3-5-8-19)31-27(35)23(18-20-10-12-21(37-2)13-11-20)32-28(36)25-24(33)9-6-16-30-25/h3-5,7-8,10-13,22-25,30,33H,6,9,14-18H2,1-2H3,(H,31,35)(H,32,36)/t22-,23?,24?,25?/m0/s1. The molecule has 2 aromatic carbocycles. The summed E-state index contributed by atoms with van der Waals surface area (Å²) in [6.45, 7) is 2.56. The maximum Gasteiger partial charge on any atom is 0.243 e. The van der Waals surface area contributed by atoms with Crippen molar-refractivity contribution >= 4 is 17.6 Å². The van der Waals surface area contributed by atoms with E-state index in [0.29, 0.717) is 25.1 Å². The number of hydrogen-bond acceptors (Lipinski definition) is 6. The van der Waals surface area contributed by atoms with Gasteiger partial charge in [-0.05, 0) is 61.9 Å². The molecule has 4 atom stereocenters. The van der Waals surface area contributed by atoms with E-state index in [1.165, 1.54) is 0 Å². The minimum Gasteiger partial charge on any atom is -0.497 e. The summed E-state index contributed by atoms with van der Waals surface area (Å²) in [4.78, 5) is 40.1. The van der Waals surface area contributed by atoms with E-state index in [2.05, 4.69) is 16.0 Å². The molecule has 2 fully saturated rings. The Bertz CT molecular complexity index is 1080. The van der Waals surface area contributed by atoms with E-state index in [1.807, 2.05) is 49.4 Å². The van der Waals surface area contributed by atoms with E-state index in [0.717, 1.165) is 30.4 Å². The lowest BCUT2D eigenvalue weighted by molar-refractivity contribution is -0.134. The first-order valence-electron chi connectivity index (χ1n) is 13.0. The molecule has 4 rings (SSSR count). The van der Waals surface area contributed by atoms with Gasteiger partial charge in [-0.15, -0.1) is 0 Å². The summed E-state index contributed by atoms with van der Waals surface area (Å²) in [7, 11) is 1.58. The lowest BCUT2D eigenvalue weighted by Crippen LogP contribution is -2.60. The number of ether oxygens (including phenoxy) is 1. The Morgan fingerprint density at radius 2 is 1.65 bits per heavy atom. The highest BCUT2D eigenvalue weighted by Gasteiger charge is 2.48. The summed E-state index contributed by atoms with van der Waals surface area (Å²) in [5.74, 6) is -0.146. The molecule has 8 nitrogen and oxygen atoms in total. The molecule has 0 spiro atoms. The van der Waals surface area contributed by atoms with Crippen LogP contribution in [-0.2, 0) is 27.2 Å². The second-order valence-electron chi connectivity index (χ2n) is 10.4. The number of aliphatic hydroxyl groups excluding tert-OH is 1. The second kappa shape index (κ2) is 11.9. The number of amides is 2. The first-order valence-corrected chi connectivity index (χ1v) is 13.0. The fraction of sp³-hybridized carbons (Fsp3) is 0.483. The van der Waals surface area contributed by atoms with Crippen LogP contribution < -0.4 is 20.7 Å². The Hall–Kier alpha value is -3.23. The van der Waals surface area contributed by atoms with Crippen molar-refractivity contribution in [1.82, 2.24) is 16.0 Å². The van der Waals surface area contributed by atoms with Gasteiger partial charge in [0.15, 0.2) is 5.78 Å². The molecule has 8 heteroatoms. The number of hydrogen-bond donors (Lipinski definition) is 4. The monoisotopic (exact) mass is 507 g/mol. The van der Waals surface area contributed by atoms with Gasteiger partial charge in [-0.1, -0.05) is 49.4 Å². The first kappa shape index (κ1) is 26.8. The van der Waals surface area contributed by atoms with Crippen LogP contribution in [0.2, 0.25) is 0 Å². The SMILES string of the molecule is COc1ccc(CC(NC(=O)C2NCCCC2O)C(=O)N[C@@H](Cc2ccccc2)C(=O)C2(C)CC2)cc1. The van der Waals surface area contributed by atoms with Crippen LogP contribution in [0.25, 0.3) is 0 Å². The number of ketones is 1. The summed E-state index contributed by atoms with van der Waals surface area (Å²) in [5.41, 5.74) is 1.37. The van der Waals surface area contributed by atoms with Crippen LogP contribution in [0.1, 0.15) is 43.7 Å². The van der Waals surface area contributed by atoms with Crippen molar-refractivity contribution in [1.29, 1.82) is 0 Å². The zero-order valence-electron chi connectivity index (χ0n) is 21.5. The fourth-order valence-electron chi connectivity index (χ4n) is 4.79. The quantitative estimate of drug-likeness (QED) is 0.369. The van der Waals surface area contributed by atoms with E-state index < -0.39 is 41.5 Å². The average molecular weight is 508 g/mol. The highest BCUT2D eigenvalue weighted by atomic mass is 16.5. The zero-order valence-corrected chi connectivity index (χ0v) is 21.5. The van der Waals surface area contributed by atoms with Crippen molar-refractivity contribution in [3.8, 4) is 5.75 Å². The Morgan fingerprint density at radius 3 is 2.27 bits per heavy atom. The lowest BCUT2D eigenvalue weighted by atomic mass is 9.92. The van der Waals surface area contributed by atoms with Gasteiger partial charge in [0.1, 0.15) is 17.8 Å². The molecule has 198 valence electrons. The summed E-state index contributed by atoms with van der Waals surface area (Å²) < 4.78 is 5.23. The van der Waals surface area contributed by atoms with Crippen LogP contribution in [0.5, 0.6) is 5.75 Å². The number of rotatable bonds is 11. The van der Waals surface area contributed by atoms with Crippen LogP contribution in [0.3, 0.4) is 0 Å². The minimum atomic E-state index is -0.921. The number of aliphatic hydroxyl groups is 1. The molecular formula is C29H37N3O5. The van der Waals surface area contributed by atoms with Gasteiger partial charge in [0, 0.05) is 11.8 Å². The Labute approximate surface area is 218 Å². The largest absolute Gasteiger partial charge is 0.497 e. The van der Waals surface area contributed by atoms with Gasteiger partial charge < -0.3 is 25.8 Å². The van der Waals surface area contributed by atoms with Gasteiger partial charge >= 0.3 is 0 Å². The molecular weight excluding hydrogens is 470 g/mol. The van der Waals surface area contributed by atoms with Crippen molar-refractivity contribution in [2.24, 2.45) is 5.41 Å². The molecule has 2 amide bonds. The van der Waals surface area contributed by atoms with E-state index in [1.54, 1.807) is 19.2 Å². The van der Waals surface area contributed by atoms with Crippen molar-refractivity contribution in [2.75, 3.05) is 13.7 Å². The molecule has 1 aliphatic heterocycles. The molecule has 1 heterocycles. The Balaban J connectivity index is 1.54. The third kappa shape index (κ3) is 6.96. The third-order valence-corrected chi connectivity index (χ3v) is 7.45. The number of carbonyl (C=O) groups is 3. The third-order valence-electron chi connectivity index (χ3n) is 7.45. The number of nitrogens with one attached hydrogen (secondary N) is 3. The maximum absolute atomic E-state index is 13.6. The molecule has 0 bridgehead atoms. The van der Waals surface area contributed by atoms with E-state index in [9.17, 15) is 19.5 Å².